The maximum Gasteiger partial charge on any atom is 0.416 e. The number of ether oxygens (including phenoxy) is 1. The van der Waals surface area contributed by atoms with Crippen molar-refractivity contribution in [1.29, 1.82) is 0 Å². The Labute approximate surface area is 206 Å². The third-order valence-electron chi connectivity index (χ3n) is 4.80. The van der Waals surface area contributed by atoms with E-state index in [0.29, 0.717) is 6.07 Å². The number of halogens is 7. The number of carbonyl (C=O) groups is 2. The van der Waals surface area contributed by atoms with Gasteiger partial charge in [-0.25, -0.2) is 0 Å². The van der Waals surface area contributed by atoms with Gasteiger partial charge in [0.25, 0.3) is 11.8 Å². The third-order valence-corrected chi connectivity index (χ3v) is 5.13. The van der Waals surface area contributed by atoms with Gasteiger partial charge in [0.15, 0.2) is 6.10 Å². The highest BCUT2D eigenvalue weighted by Crippen LogP contribution is 2.34. The third kappa shape index (κ3) is 6.91. The Balaban J connectivity index is 1.62. The molecule has 36 heavy (non-hydrogen) atoms. The lowest BCUT2D eigenvalue weighted by Crippen LogP contribution is -2.30. The van der Waals surface area contributed by atoms with Crippen LogP contribution in [0.1, 0.15) is 28.4 Å². The quantitative estimate of drug-likeness (QED) is 0.336. The number of alkyl halides is 6. The van der Waals surface area contributed by atoms with Gasteiger partial charge in [0.1, 0.15) is 5.75 Å². The minimum atomic E-state index is -4.62. The normalized spacial score (nSPS) is 12.6. The highest BCUT2D eigenvalue weighted by molar-refractivity contribution is 6.33. The fraction of sp³-hybridized carbons (Fsp3) is 0.167. The van der Waals surface area contributed by atoms with Crippen LogP contribution in [0.25, 0.3) is 0 Å². The molecular weight excluding hydrogens is 514 g/mol. The van der Waals surface area contributed by atoms with Gasteiger partial charge in [0, 0.05) is 11.3 Å². The first-order valence-electron chi connectivity index (χ1n) is 10.2. The standard InChI is InChI=1S/C24H17ClF6N2O3/c1-13(21(34)33-20-12-16(24(29,30)31)7-10-19(20)25)36-18-8-5-14(6-9-18)22(35)32-17-4-2-3-15(11-17)23(26,27)28/h2-13H,1H3,(H,32,35)(H,33,34). The summed E-state index contributed by atoms with van der Waals surface area (Å²) in [6, 6.07) is 12.0. The predicted molar refractivity (Wildman–Crippen MR) is 121 cm³/mol. The monoisotopic (exact) mass is 530 g/mol. The molecule has 3 aromatic carbocycles. The minimum Gasteiger partial charge on any atom is -0.481 e. The van der Waals surface area contributed by atoms with E-state index in [1.165, 1.54) is 37.3 Å². The van der Waals surface area contributed by atoms with Crippen LogP contribution in [0.3, 0.4) is 0 Å². The lowest BCUT2D eigenvalue weighted by molar-refractivity contribution is -0.138. The molecule has 0 radical (unpaired) electrons. The molecule has 0 aliphatic heterocycles. The summed E-state index contributed by atoms with van der Waals surface area (Å²) in [5, 5.41) is 4.54. The first-order valence-corrected chi connectivity index (χ1v) is 10.5. The van der Waals surface area contributed by atoms with Gasteiger partial charge in [-0.2, -0.15) is 26.3 Å². The van der Waals surface area contributed by atoms with Crippen molar-refractivity contribution in [2.45, 2.75) is 25.4 Å². The Kier molecular flexibility index (Phi) is 7.83. The largest absolute Gasteiger partial charge is 0.481 e. The van der Waals surface area contributed by atoms with Gasteiger partial charge >= 0.3 is 12.4 Å². The van der Waals surface area contributed by atoms with E-state index in [9.17, 15) is 35.9 Å². The average molecular weight is 531 g/mol. The van der Waals surface area contributed by atoms with Crippen LogP contribution in [-0.4, -0.2) is 17.9 Å². The Hall–Kier alpha value is -3.73. The minimum absolute atomic E-state index is 0.0475. The number of hydrogen-bond acceptors (Lipinski definition) is 3. The van der Waals surface area contributed by atoms with Crippen molar-refractivity contribution in [3.63, 3.8) is 0 Å². The lowest BCUT2D eigenvalue weighted by atomic mass is 10.1. The van der Waals surface area contributed by atoms with Crippen molar-refractivity contribution in [3.8, 4) is 5.75 Å². The van der Waals surface area contributed by atoms with Gasteiger partial charge in [-0.05, 0) is 67.6 Å². The molecule has 0 saturated carbocycles. The molecule has 5 nitrogen and oxygen atoms in total. The van der Waals surface area contributed by atoms with E-state index in [-0.39, 0.29) is 27.7 Å². The van der Waals surface area contributed by atoms with Crippen molar-refractivity contribution in [3.05, 3.63) is 88.4 Å². The molecule has 0 aliphatic carbocycles. The summed E-state index contributed by atoms with van der Waals surface area (Å²) in [5.74, 6) is -1.29. The van der Waals surface area contributed by atoms with Gasteiger partial charge < -0.3 is 15.4 Å². The van der Waals surface area contributed by atoms with Crippen LogP contribution >= 0.6 is 11.6 Å². The summed E-state index contributed by atoms with van der Waals surface area (Å²) >= 11 is 5.87. The molecule has 2 amide bonds. The zero-order valence-corrected chi connectivity index (χ0v) is 19.1. The van der Waals surface area contributed by atoms with Crippen molar-refractivity contribution in [2.75, 3.05) is 10.6 Å². The Morgan fingerprint density at radius 3 is 2.06 bits per heavy atom. The zero-order chi connectivity index (χ0) is 26.7. The smallest absolute Gasteiger partial charge is 0.416 e. The summed E-state index contributed by atoms with van der Waals surface area (Å²) in [5.41, 5.74) is -2.09. The molecule has 0 fully saturated rings. The SMILES string of the molecule is CC(Oc1ccc(C(=O)Nc2cccc(C(F)(F)F)c2)cc1)C(=O)Nc1cc(C(F)(F)F)ccc1Cl. The molecule has 2 N–H and O–H groups in total. The van der Waals surface area contributed by atoms with Crippen molar-refractivity contribution in [2.24, 2.45) is 0 Å². The van der Waals surface area contributed by atoms with E-state index >= 15 is 0 Å². The van der Waals surface area contributed by atoms with Gasteiger partial charge in [0.05, 0.1) is 21.8 Å². The van der Waals surface area contributed by atoms with Gasteiger partial charge in [-0.1, -0.05) is 17.7 Å². The Morgan fingerprint density at radius 1 is 0.833 bits per heavy atom. The molecule has 0 bridgehead atoms. The van der Waals surface area contributed by atoms with Crippen molar-refractivity contribution < 1.29 is 40.7 Å². The van der Waals surface area contributed by atoms with Crippen LogP contribution in [0, 0.1) is 0 Å². The molecule has 3 rings (SSSR count). The van der Waals surface area contributed by atoms with Crippen LogP contribution in [0.5, 0.6) is 5.75 Å². The molecule has 0 saturated heterocycles. The van der Waals surface area contributed by atoms with Crippen molar-refractivity contribution >= 4 is 34.8 Å². The number of carbonyl (C=O) groups excluding carboxylic acids is 2. The van der Waals surface area contributed by atoms with Gasteiger partial charge in [0.2, 0.25) is 0 Å². The molecule has 1 unspecified atom stereocenters. The first kappa shape index (κ1) is 26.9. The van der Waals surface area contributed by atoms with Crippen molar-refractivity contribution in [1.82, 2.24) is 0 Å². The number of rotatable bonds is 6. The molecule has 0 heterocycles. The van der Waals surface area contributed by atoms with Crippen LogP contribution in [-0.2, 0) is 17.1 Å². The van der Waals surface area contributed by atoms with E-state index < -0.39 is 41.4 Å². The second kappa shape index (κ2) is 10.5. The van der Waals surface area contributed by atoms with Gasteiger partial charge in [-0.15, -0.1) is 0 Å². The number of anilines is 2. The van der Waals surface area contributed by atoms with Gasteiger partial charge in [-0.3, -0.25) is 9.59 Å². The van der Waals surface area contributed by atoms with E-state index in [4.69, 9.17) is 16.3 Å². The molecule has 12 heteroatoms. The van der Waals surface area contributed by atoms with Crippen LogP contribution in [0.4, 0.5) is 37.7 Å². The van der Waals surface area contributed by atoms with Crippen LogP contribution in [0.15, 0.2) is 66.7 Å². The summed E-state index contributed by atoms with van der Waals surface area (Å²) < 4.78 is 82.7. The Bertz CT molecular complexity index is 1260. The predicted octanol–water partition coefficient (Wildman–Crippen LogP) is 7.04. The van der Waals surface area contributed by atoms with E-state index in [1.54, 1.807) is 0 Å². The number of nitrogens with one attached hydrogen (secondary N) is 2. The fourth-order valence-electron chi connectivity index (χ4n) is 2.95. The average Bonchev–Trinajstić information content (AvgIpc) is 2.79. The van der Waals surface area contributed by atoms with E-state index in [2.05, 4.69) is 10.6 Å². The summed E-state index contributed by atoms with van der Waals surface area (Å²) in [4.78, 5) is 24.7. The second-order valence-corrected chi connectivity index (χ2v) is 7.91. The van der Waals surface area contributed by atoms with E-state index in [1.807, 2.05) is 0 Å². The van der Waals surface area contributed by atoms with Crippen LogP contribution < -0.4 is 15.4 Å². The number of benzene rings is 3. The Morgan fingerprint density at radius 2 is 1.44 bits per heavy atom. The van der Waals surface area contributed by atoms with E-state index in [0.717, 1.165) is 30.3 Å². The maximum atomic E-state index is 12.9. The fourth-order valence-corrected chi connectivity index (χ4v) is 3.12. The summed E-state index contributed by atoms with van der Waals surface area (Å²) in [6.07, 6.45) is -10.3. The highest BCUT2D eigenvalue weighted by Gasteiger charge is 2.32. The molecule has 0 aliphatic rings. The second-order valence-electron chi connectivity index (χ2n) is 7.50. The molecule has 0 aromatic heterocycles. The lowest BCUT2D eigenvalue weighted by Gasteiger charge is -2.16. The first-order chi connectivity index (χ1) is 16.7. The molecule has 190 valence electrons. The topological polar surface area (TPSA) is 67.4 Å². The summed E-state index contributed by atoms with van der Waals surface area (Å²) in [6.45, 7) is 1.35. The molecule has 0 spiro atoms. The molecular formula is C24H17ClF6N2O3. The van der Waals surface area contributed by atoms with Crippen LogP contribution in [0.2, 0.25) is 5.02 Å². The number of hydrogen-bond donors (Lipinski definition) is 2. The molecule has 3 aromatic rings. The number of amides is 2. The molecule has 1 atom stereocenters. The summed E-state index contributed by atoms with van der Waals surface area (Å²) in [7, 11) is 0. The maximum absolute atomic E-state index is 12.9. The zero-order valence-electron chi connectivity index (χ0n) is 18.3. The highest BCUT2D eigenvalue weighted by atomic mass is 35.5.